The van der Waals surface area contributed by atoms with Gasteiger partial charge in [0, 0.05) is 12.6 Å². The molecular weight excluding hydrogens is 262 g/mol. The summed E-state index contributed by atoms with van der Waals surface area (Å²) in [6.45, 7) is 6.71. The lowest BCUT2D eigenvalue weighted by Crippen LogP contribution is -2.32. The number of hydrogen-bond acceptors (Lipinski definition) is 3. The van der Waals surface area contributed by atoms with Crippen LogP contribution in [0.25, 0.3) is 0 Å². The molecule has 0 radical (unpaired) electrons. The molecule has 3 N–H and O–H groups in total. The second-order valence-electron chi connectivity index (χ2n) is 6.06. The standard InChI is InChI=1S/C17H23N3O/c1-11-8-9-15-16(19-12(2)17(21)20-15)14(11)10-18-13-6-4-3-5-7-13/h8-9,13,18-19H,2-7,10H2,1H3,(H,20,21). The Labute approximate surface area is 126 Å². The van der Waals surface area contributed by atoms with Crippen LogP contribution in [0.5, 0.6) is 0 Å². The highest BCUT2D eigenvalue weighted by atomic mass is 16.2. The molecule has 1 aromatic rings. The molecule has 4 heteroatoms. The van der Waals surface area contributed by atoms with Gasteiger partial charge in [-0.2, -0.15) is 0 Å². The number of aryl methyl sites for hydroxylation is 1. The Bertz CT molecular complexity index is 574. The molecule has 0 atom stereocenters. The molecule has 0 saturated heterocycles. The molecular formula is C17H23N3O. The first-order valence-corrected chi connectivity index (χ1v) is 7.78. The van der Waals surface area contributed by atoms with Crippen LogP contribution in [0.4, 0.5) is 11.4 Å². The summed E-state index contributed by atoms with van der Waals surface area (Å²) in [5.74, 6) is -0.155. The highest BCUT2D eigenvalue weighted by molar-refractivity contribution is 6.11. The van der Waals surface area contributed by atoms with Crippen LogP contribution in [0, 0.1) is 6.92 Å². The Morgan fingerprint density at radius 3 is 2.76 bits per heavy atom. The van der Waals surface area contributed by atoms with E-state index in [1.54, 1.807) is 0 Å². The van der Waals surface area contributed by atoms with Crippen LogP contribution in [-0.4, -0.2) is 11.9 Å². The number of benzene rings is 1. The molecule has 112 valence electrons. The fourth-order valence-corrected chi connectivity index (χ4v) is 3.19. The zero-order valence-electron chi connectivity index (χ0n) is 12.6. The fourth-order valence-electron chi connectivity index (χ4n) is 3.19. The molecule has 3 rings (SSSR count). The van der Waals surface area contributed by atoms with Gasteiger partial charge in [-0.15, -0.1) is 0 Å². The molecule has 1 fully saturated rings. The number of fused-ring (bicyclic) bond motifs is 1. The molecule has 4 nitrogen and oxygen atoms in total. The molecule has 21 heavy (non-hydrogen) atoms. The zero-order valence-corrected chi connectivity index (χ0v) is 12.6. The molecule has 0 aromatic heterocycles. The number of carbonyl (C=O) groups is 1. The molecule has 1 aliphatic carbocycles. The molecule has 0 spiro atoms. The summed E-state index contributed by atoms with van der Waals surface area (Å²) < 4.78 is 0. The lowest BCUT2D eigenvalue weighted by molar-refractivity contribution is -0.112. The van der Waals surface area contributed by atoms with E-state index < -0.39 is 0 Å². The van der Waals surface area contributed by atoms with Crippen molar-refractivity contribution in [1.82, 2.24) is 5.32 Å². The van der Waals surface area contributed by atoms with Gasteiger partial charge in [0.2, 0.25) is 0 Å². The van der Waals surface area contributed by atoms with Crippen molar-refractivity contribution < 1.29 is 4.79 Å². The SMILES string of the molecule is C=C1Nc2c(ccc(C)c2CNC2CCCCC2)NC1=O. The Kier molecular flexibility index (Phi) is 3.97. The summed E-state index contributed by atoms with van der Waals surface area (Å²) in [5, 5.41) is 9.72. The van der Waals surface area contributed by atoms with Crippen molar-refractivity contribution in [3.63, 3.8) is 0 Å². The van der Waals surface area contributed by atoms with Gasteiger partial charge in [-0.3, -0.25) is 4.79 Å². The van der Waals surface area contributed by atoms with Crippen LogP contribution in [0.1, 0.15) is 43.2 Å². The van der Waals surface area contributed by atoms with Gasteiger partial charge in [0.1, 0.15) is 0 Å². The Balaban J connectivity index is 1.79. The van der Waals surface area contributed by atoms with Crippen molar-refractivity contribution in [1.29, 1.82) is 0 Å². The summed E-state index contributed by atoms with van der Waals surface area (Å²) >= 11 is 0. The normalized spacial score (nSPS) is 18.9. The maximum Gasteiger partial charge on any atom is 0.271 e. The first-order valence-electron chi connectivity index (χ1n) is 7.78. The Morgan fingerprint density at radius 2 is 2.00 bits per heavy atom. The van der Waals surface area contributed by atoms with Crippen molar-refractivity contribution in [2.75, 3.05) is 10.6 Å². The lowest BCUT2D eigenvalue weighted by atomic mass is 9.95. The quantitative estimate of drug-likeness (QED) is 0.747. The predicted molar refractivity (Wildman–Crippen MR) is 86.3 cm³/mol. The van der Waals surface area contributed by atoms with E-state index in [2.05, 4.69) is 35.5 Å². The second-order valence-corrected chi connectivity index (χ2v) is 6.06. The van der Waals surface area contributed by atoms with Crippen LogP contribution in [0.15, 0.2) is 24.4 Å². The monoisotopic (exact) mass is 285 g/mol. The van der Waals surface area contributed by atoms with Gasteiger partial charge in [-0.25, -0.2) is 0 Å². The number of rotatable bonds is 3. The maximum atomic E-state index is 11.7. The van der Waals surface area contributed by atoms with Crippen molar-refractivity contribution in [2.45, 2.75) is 51.6 Å². The van der Waals surface area contributed by atoms with Crippen molar-refractivity contribution >= 4 is 17.3 Å². The summed E-state index contributed by atoms with van der Waals surface area (Å²) in [4.78, 5) is 11.7. The van der Waals surface area contributed by atoms with Gasteiger partial charge in [0.15, 0.2) is 0 Å². The smallest absolute Gasteiger partial charge is 0.271 e. The van der Waals surface area contributed by atoms with E-state index in [0.717, 1.165) is 17.9 Å². The highest BCUT2D eigenvalue weighted by Gasteiger charge is 2.22. The van der Waals surface area contributed by atoms with E-state index in [9.17, 15) is 4.79 Å². The summed E-state index contributed by atoms with van der Waals surface area (Å²) in [5.41, 5.74) is 4.70. The third kappa shape index (κ3) is 2.95. The molecule has 1 aliphatic heterocycles. The summed E-state index contributed by atoms with van der Waals surface area (Å²) in [7, 11) is 0. The lowest BCUT2D eigenvalue weighted by Gasteiger charge is -2.27. The average Bonchev–Trinajstić information content (AvgIpc) is 2.49. The third-order valence-electron chi connectivity index (χ3n) is 4.52. The van der Waals surface area contributed by atoms with Gasteiger partial charge >= 0.3 is 0 Å². The fraction of sp³-hybridized carbons (Fsp3) is 0.471. The average molecular weight is 285 g/mol. The molecule has 1 saturated carbocycles. The molecule has 1 aromatic carbocycles. The maximum absolute atomic E-state index is 11.7. The largest absolute Gasteiger partial charge is 0.350 e. The van der Waals surface area contributed by atoms with Crippen LogP contribution >= 0.6 is 0 Å². The first-order chi connectivity index (χ1) is 10.1. The van der Waals surface area contributed by atoms with E-state index in [-0.39, 0.29) is 5.91 Å². The van der Waals surface area contributed by atoms with E-state index in [1.807, 2.05) is 6.07 Å². The van der Waals surface area contributed by atoms with Crippen LogP contribution in [0.2, 0.25) is 0 Å². The van der Waals surface area contributed by atoms with Crippen molar-refractivity contribution in [2.24, 2.45) is 0 Å². The van der Waals surface area contributed by atoms with Gasteiger partial charge in [-0.1, -0.05) is 31.9 Å². The summed E-state index contributed by atoms with van der Waals surface area (Å²) in [6, 6.07) is 4.63. The molecule has 0 unspecified atom stereocenters. The van der Waals surface area contributed by atoms with Crippen LogP contribution in [0.3, 0.4) is 0 Å². The van der Waals surface area contributed by atoms with E-state index in [0.29, 0.717) is 11.7 Å². The number of amides is 1. The number of hydrogen-bond donors (Lipinski definition) is 3. The van der Waals surface area contributed by atoms with E-state index in [4.69, 9.17) is 0 Å². The minimum Gasteiger partial charge on any atom is -0.350 e. The minimum atomic E-state index is -0.155. The molecule has 1 heterocycles. The minimum absolute atomic E-state index is 0.155. The van der Waals surface area contributed by atoms with Crippen molar-refractivity contribution in [3.05, 3.63) is 35.5 Å². The molecule has 2 aliphatic rings. The van der Waals surface area contributed by atoms with Gasteiger partial charge < -0.3 is 16.0 Å². The zero-order chi connectivity index (χ0) is 14.8. The highest BCUT2D eigenvalue weighted by Crippen LogP contribution is 2.33. The Morgan fingerprint density at radius 1 is 1.24 bits per heavy atom. The second kappa shape index (κ2) is 5.90. The topological polar surface area (TPSA) is 53.2 Å². The predicted octanol–water partition coefficient (Wildman–Crippen LogP) is 3.30. The van der Waals surface area contributed by atoms with Crippen molar-refractivity contribution in [3.8, 4) is 0 Å². The summed E-state index contributed by atoms with van der Waals surface area (Å²) in [6.07, 6.45) is 6.56. The number of nitrogens with one attached hydrogen (secondary N) is 3. The van der Waals surface area contributed by atoms with Gasteiger partial charge in [0.25, 0.3) is 5.91 Å². The Hall–Kier alpha value is -1.81. The van der Waals surface area contributed by atoms with Gasteiger partial charge in [-0.05, 0) is 37.0 Å². The first kappa shape index (κ1) is 14.1. The number of carbonyl (C=O) groups excluding carboxylic acids is 1. The van der Waals surface area contributed by atoms with E-state index in [1.165, 1.54) is 43.2 Å². The van der Waals surface area contributed by atoms with E-state index >= 15 is 0 Å². The number of anilines is 2. The van der Waals surface area contributed by atoms with Gasteiger partial charge in [0.05, 0.1) is 17.1 Å². The third-order valence-corrected chi connectivity index (χ3v) is 4.52. The molecule has 0 bridgehead atoms. The van der Waals surface area contributed by atoms with Crippen LogP contribution < -0.4 is 16.0 Å². The van der Waals surface area contributed by atoms with Crippen LogP contribution in [-0.2, 0) is 11.3 Å². The molecule has 1 amide bonds.